The number of anilines is 1. The second-order valence-corrected chi connectivity index (χ2v) is 4.35. The highest BCUT2D eigenvalue weighted by atomic mass is 35.5. The van der Waals surface area contributed by atoms with E-state index in [4.69, 9.17) is 16.1 Å². The van der Waals surface area contributed by atoms with Crippen LogP contribution in [0.2, 0.25) is 5.02 Å². The van der Waals surface area contributed by atoms with Crippen molar-refractivity contribution < 1.29 is 22.5 Å². The fraction of sp³-hybridized carbons (Fsp3) is 0.167. The van der Waals surface area contributed by atoms with Crippen molar-refractivity contribution >= 4 is 23.2 Å². The van der Waals surface area contributed by atoms with Gasteiger partial charge in [-0.05, 0) is 25.1 Å². The SMILES string of the molecule is Cc1oncc1C(=O)Nc1ccc(Cl)c(C(F)(F)F)c1. The van der Waals surface area contributed by atoms with Gasteiger partial charge < -0.3 is 9.84 Å². The number of halogens is 4. The largest absolute Gasteiger partial charge is 0.417 e. The van der Waals surface area contributed by atoms with Crippen molar-refractivity contribution in [2.45, 2.75) is 13.1 Å². The Morgan fingerprint density at radius 3 is 2.65 bits per heavy atom. The predicted octanol–water partition coefficient (Wildman–Crippen LogP) is 3.91. The first-order valence-corrected chi connectivity index (χ1v) is 5.76. The average molecular weight is 305 g/mol. The fourth-order valence-electron chi connectivity index (χ4n) is 1.54. The van der Waals surface area contributed by atoms with Crippen LogP contribution in [0, 0.1) is 6.92 Å². The molecule has 0 aliphatic heterocycles. The van der Waals surface area contributed by atoms with Crippen LogP contribution in [-0.4, -0.2) is 11.1 Å². The van der Waals surface area contributed by atoms with Gasteiger partial charge in [0, 0.05) is 5.69 Å². The fourth-order valence-corrected chi connectivity index (χ4v) is 1.76. The molecule has 0 aliphatic rings. The zero-order valence-corrected chi connectivity index (χ0v) is 10.8. The van der Waals surface area contributed by atoms with Crippen LogP contribution in [-0.2, 0) is 6.18 Å². The minimum Gasteiger partial charge on any atom is -0.361 e. The number of carbonyl (C=O) groups excluding carboxylic acids is 1. The Morgan fingerprint density at radius 1 is 1.40 bits per heavy atom. The van der Waals surface area contributed by atoms with E-state index in [0.717, 1.165) is 12.1 Å². The molecule has 106 valence electrons. The Bertz CT molecular complexity index is 652. The van der Waals surface area contributed by atoms with Crippen molar-refractivity contribution in [2.24, 2.45) is 0 Å². The lowest BCUT2D eigenvalue weighted by Crippen LogP contribution is -2.13. The molecule has 8 heteroatoms. The van der Waals surface area contributed by atoms with E-state index in [1.807, 2.05) is 0 Å². The Balaban J connectivity index is 2.27. The van der Waals surface area contributed by atoms with Crippen LogP contribution >= 0.6 is 11.6 Å². The molecule has 0 bridgehead atoms. The van der Waals surface area contributed by atoms with Gasteiger partial charge in [0.05, 0.1) is 16.8 Å². The highest BCUT2D eigenvalue weighted by molar-refractivity contribution is 6.31. The van der Waals surface area contributed by atoms with Crippen LogP contribution in [0.3, 0.4) is 0 Å². The number of hydrogen-bond acceptors (Lipinski definition) is 3. The summed E-state index contributed by atoms with van der Waals surface area (Å²) in [5, 5.41) is 5.31. The summed E-state index contributed by atoms with van der Waals surface area (Å²) < 4.78 is 42.8. The summed E-state index contributed by atoms with van der Waals surface area (Å²) in [6.07, 6.45) is -3.41. The number of aryl methyl sites for hydroxylation is 1. The quantitative estimate of drug-likeness (QED) is 0.915. The highest BCUT2D eigenvalue weighted by Gasteiger charge is 2.33. The Labute approximate surface area is 116 Å². The molecule has 2 rings (SSSR count). The van der Waals surface area contributed by atoms with E-state index in [1.54, 1.807) is 0 Å². The summed E-state index contributed by atoms with van der Waals surface area (Å²) in [4.78, 5) is 11.8. The van der Waals surface area contributed by atoms with Crippen molar-refractivity contribution in [3.05, 3.63) is 46.3 Å². The van der Waals surface area contributed by atoms with Gasteiger partial charge in [-0.3, -0.25) is 4.79 Å². The van der Waals surface area contributed by atoms with Crippen LogP contribution in [0.5, 0.6) is 0 Å². The highest BCUT2D eigenvalue weighted by Crippen LogP contribution is 2.36. The molecule has 1 heterocycles. The number of nitrogens with one attached hydrogen (secondary N) is 1. The van der Waals surface area contributed by atoms with Crippen LogP contribution in [0.25, 0.3) is 0 Å². The third-order valence-electron chi connectivity index (χ3n) is 2.52. The molecule has 20 heavy (non-hydrogen) atoms. The number of carbonyl (C=O) groups is 1. The Hall–Kier alpha value is -2.02. The summed E-state index contributed by atoms with van der Waals surface area (Å²) in [5.41, 5.74) is -0.889. The number of aromatic nitrogens is 1. The zero-order valence-electron chi connectivity index (χ0n) is 10.1. The Morgan fingerprint density at radius 2 is 2.10 bits per heavy atom. The van der Waals surface area contributed by atoms with Crippen LogP contribution in [0.4, 0.5) is 18.9 Å². The molecule has 1 aromatic heterocycles. The molecule has 0 spiro atoms. The van der Waals surface area contributed by atoms with E-state index in [1.165, 1.54) is 19.2 Å². The van der Waals surface area contributed by atoms with E-state index >= 15 is 0 Å². The Kier molecular flexibility index (Phi) is 3.71. The van der Waals surface area contributed by atoms with Gasteiger partial charge in [0.25, 0.3) is 5.91 Å². The maximum absolute atomic E-state index is 12.7. The first-order chi connectivity index (χ1) is 9.29. The molecule has 0 saturated carbocycles. The second-order valence-electron chi connectivity index (χ2n) is 3.94. The lowest BCUT2D eigenvalue weighted by atomic mass is 10.2. The third-order valence-corrected chi connectivity index (χ3v) is 2.85. The predicted molar refractivity (Wildman–Crippen MR) is 65.6 cm³/mol. The standard InChI is InChI=1S/C12H8ClF3N2O2/c1-6-8(5-17-20-6)11(19)18-7-2-3-10(13)9(4-7)12(14,15)16/h2-5H,1H3,(H,18,19). The number of alkyl halides is 3. The van der Waals surface area contributed by atoms with Gasteiger partial charge in [-0.2, -0.15) is 13.2 Å². The van der Waals surface area contributed by atoms with Gasteiger partial charge in [-0.15, -0.1) is 0 Å². The van der Waals surface area contributed by atoms with Gasteiger partial charge in [-0.1, -0.05) is 16.8 Å². The maximum Gasteiger partial charge on any atom is 0.417 e. The third kappa shape index (κ3) is 2.93. The van der Waals surface area contributed by atoms with Crippen molar-refractivity contribution in [3.8, 4) is 0 Å². The summed E-state index contributed by atoms with van der Waals surface area (Å²) >= 11 is 5.48. The van der Waals surface area contributed by atoms with Gasteiger partial charge in [0.15, 0.2) is 0 Å². The van der Waals surface area contributed by atoms with E-state index in [0.29, 0.717) is 0 Å². The number of nitrogens with zero attached hydrogens (tertiary/aromatic N) is 1. The minimum atomic E-state index is -4.59. The normalized spacial score (nSPS) is 11.4. The monoisotopic (exact) mass is 304 g/mol. The van der Waals surface area contributed by atoms with Crippen LogP contribution in [0.1, 0.15) is 21.7 Å². The average Bonchev–Trinajstić information content (AvgIpc) is 2.76. The number of benzene rings is 1. The number of hydrogen-bond donors (Lipinski definition) is 1. The molecule has 0 fully saturated rings. The second kappa shape index (κ2) is 5.16. The van der Waals surface area contributed by atoms with Gasteiger partial charge in [0.1, 0.15) is 11.3 Å². The first kappa shape index (κ1) is 14.4. The van der Waals surface area contributed by atoms with Crippen molar-refractivity contribution in [2.75, 3.05) is 5.32 Å². The van der Waals surface area contributed by atoms with Crippen LogP contribution < -0.4 is 5.32 Å². The first-order valence-electron chi connectivity index (χ1n) is 5.38. The smallest absolute Gasteiger partial charge is 0.361 e. The molecule has 2 aromatic rings. The van der Waals surface area contributed by atoms with Gasteiger partial charge in [-0.25, -0.2) is 0 Å². The van der Waals surface area contributed by atoms with Gasteiger partial charge >= 0.3 is 6.18 Å². The molecule has 0 unspecified atom stereocenters. The van der Waals surface area contributed by atoms with E-state index in [-0.39, 0.29) is 17.0 Å². The molecule has 4 nitrogen and oxygen atoms in total. The molecule has 1 N–H and O–H groups in total. The maximum atomic E-state index is 12.7. The number of amides is 1. The van der Waals surface area contributed by atoms with E-state index in [9.17, 15) is 18.0 Å². The molecule has 1 amide bonds. The molecule has 0 saturated heterocycles. The summed E-state index contributed by atoms with van der Waals surface area (Å²) in [6.45, 7) is 1.52. The minimum absolute atomic E-state index is 0.0210. The molecular formula is C12H8ClF3N2O2. The zero-order chi connectivity index (χ0) is 14.9. The van der Waals surface area contributed by atoms with E-state index < -0.39 is 22.7 Å². The molecule has 1 aromatic carbocycles. The summed E-state index contributed by atoms with van der Waals surface area (Å²) in [7, 11) is 0. The van der Waals surface area contributed by atoms with E-state index in [2.05, 4.69) is 10.5 Å². The van der Waals surface area contributed by atoms with Crippen molar-refractivity contribution in [1.82, 2.24) is 5.16 Å². The summed E-state index contributed by atoms with van der Waals surface area (Å²) in [5.74, 6) is -0.341. The van der Waals surface area contributed by atoms with Crippen molar-refractivity contribution in [3.63, 3.8) is 0 Å². The topological polar surface area (TPSA) is 55.1 Å². The van der Waals surface area contributed by atoms with Crippen LogP contribution in [0.15, 0.2) is 28.9 Å². The van der Waals surface area contributed by atoms with Gasteiger partial charge in [0.2, 0.25) is 0 Å². The molecule has 0 atom stereocenters. The molecular weight excluding hydrogens is 297 g/mol. The lowest BCUT2D eigenvalue weighted by molar-refractivity contribution is -0.137. The van der Waals surface area contributed by atoms with Crippen molar-refractivity contribution in [1.29, 1.82) is 0 Å². The summed E-state index contributed by atoms with van der Waals surface area (Å²) in [6, 6.07) is 3.11. The number of rotatable bonds is 2. The molecule has 0 aliphatic carbocycles. The molecule has 0 radical (unpaired) electrons. The lowest BCUT2D eigenvalue weighted by Gasteiger charge is -2.11.